The molecule has 3 rings (SSSR count). The minimum atomic E-state index is -4.44. The fraction of sp³-hybridized carbons (Fsp3) is 0.600. The van der Waals surface area contributed by atoms with E-state index in [2.05, 4.69) is 19.2 Å². The smallest absolute Gasteiger partial charge is 0.381 e. The van der Waals surface area contributed by atoms with Crippen LogP contribution < -0.4 is 5.32 Å². The average Bonchev–Trinajstić information content (AvgIpc) is 2.83. The van der Waals surface area contributed by atoms with Crippen LogP contribution in [0.25, 0.3) is 0 Å². The Kier molecular flexibility index (Phi) is 3.41. The molecule has 0 amide bonds. The van der Waals surface area contributed by atoms with E-state index in [0.717, 1.165) is 19.1 Å². The van der Waals surface area contributed by atoms with Crippen LogP contribution in [0.15, 0.2) is 18.2 Å². The molecule has 1 heterocycles. The minimum absolute atomic E-state index is 0.0841. The molecule has 1 N–H and O–H groups in total. The van der Waals surface area contributed by atoms with Crippen molar-refractivity contribution in [3.63, 3.8) is 0 Å². The summed E-state index contributed by atoms with van der Waals surface area (Å²) < 4.78 is 44.4. The standard InChI is InChI=1S/C15H17ClF3NO/c1-14(2)12(9-5-6-21-13(9)14)20-8-3-4-11(16)10(7-8)15(17,18)19/h3-4,7,9,12-13,20H,5-6H2,1-2H3. The van der Waals surface area contributed by atoms with Gasteiger partial charge in [0.1, 0.15) is 0 Å². The molecule has 3 unspecified atom stereocenters. The van der Waals surface area contributed by atoms with Crippen molar-refractivity contribution in [1.82, 2.24) is 0 Å². The van der Waals surface area contributed by atoms with E-state index < -0.39 is 11.7 Å². The molecule has 0 radical (unpaired) electrons. The van der Waals surface area contributed by atoms with E-state index in [0.29, 0.717) is 11.6 Å². The van der Waals surface area contributed by atoms with E-state index in [1.54, 1.807) is 6.07 Å². The molecule has 2 aliphatic rings. The number of fused-ring (bicyclic) bond motifs is 1. The molecule has 0 bridgehead atoms. The summed E-state index contributed by atoms with van der Waals surface area (Å²) in [5.74, 6) is 0.366. The van der Waals surface area contributed by atoms with E-state index in [4.69, 9.17) is 16.3 Å². The maximum atomic E-state index is 12.9. The van der Waals surface area contributed by atoms with Crippen LogP contribution in [-0.2, 0) is 10.9 Å². The highest BCUT2D eigenvalue weighted by molar-refractivity contribution is 6.31. The van der Waals surface area contributed by atoms with Crippen LogP contribution in [-0.4, -0.2) is 18.8 Å². The quantitative estimate of drug-likeness (QED) is 0.861. The number of hydrogen-bond acceptors (Lipinski definition) is 2. The van der Waals surface area contributed by atoms with E-state index in [-0.39, 0.29) is 22.6 Å². The number of hydrogen-bond donors (Lipinski definition) is 1. The Hall–Kier alpha value is -0.940. The van der Waals surface area contributed by atoms with Gasteiger partial charge in [-0.2, -0.15) is 13.2 Å². The lowest BCUT2D eigenvalue weighted by Crippen LogP contribution is -2.63. The summed E-state index contributed by atoms with van der Waals surface area (Å²) in [6, 6.07) is 4.09. The zero-order valence-electron chi connectivity index (χ0n) is 11.8. The van der Waals surface area contributed by atoms with Gasteiger partial charge in [-0.15, -0.1) is 0 Å². The number of halogens is 4. The predicted octanol–water partition coefficient (Wildman–Crippen LogP) is 4.58. The second-order valence-corrected chi connectivity index (χ2v) is 6.79. The molecule has 3 atom stereocenters. The van der Waals surface area contributed by atoms with Crippen molar-refractivity contribution in [1.29, 1.82) is 0 Å². The van der Waals surface area contributed by atoms with Gasteiger partial charge in [-0.25, -0.2) is 0 Å². The molecule has 1 aliphatic carbocycles. The van der Waals surface area contributed by atoms with E-state index in [9.17, 15) is 13.2 Å². The summed E-state index contributed by atoms with van der Waals surface area (Å²) >= 11 is 5.64. The van der Waals surface area contributed by atoms with E-state index >= 15 is 0 Å². The van der Waals surface area contributed by atoms with E-state index in [1.165, 1.54) is 6.07 Å². The summed E-state index contributed by atoms with van der Waals surface area (Å²) in [5, 5.41) is 2.97. The number of ether oxygens (including phenoxy) is 1. The second-order valence-electron chi connectivity index (χ2n) is 6.38. The number of rotatable bonds is 2. The van der Waals surface area contributed by atoms with Crippen molar-refractivity contribution in [2.75, 3.05) is 11.9 Å². The predicted molar refractivity (Wildman–Crippen MR) is 75.5 cm³/mol. The lowest BCUT2D eigenvalue weighted by molar-refractivity contribution is -0.137. The molecule has 1 aliphatic heterocycles. The van der Waals surface area contributed by atoms with Gasteiger partial charge in [-0.05, 0) is 24.6 Å². The monoisotopic (exact) mass is 319 g/mol. The zero-order valence-corrected chi connectivity index (χ0v) is 12.6. The molecule has 2 nitrogen and oxygen atoms in total. The molecule has 6 heteroatoms. The van der Waals surface area contributed by atoms with Gasteiger partial charge in [0, 0.05) is 29.7 Å². The zero-order chi connectivity index (χ0) is 15.4. The fourth-order valence-electron chi connectivity index (χ4n) is 3.63. The topological polar surface area (TPSA) is 21.3 Å². The van der Waals surface area contributed by atoms with Gasteiger partial charge in [0.15, 0.2) is 0 Å². The molecule has 1 aromatic carbocycles. The van der Waals surface area contributed by atoms with Gasteiger partial charge in [0.2, 0.25) is 0 Å². The van der Waals surface area contributed by atoms with Crippen LogP contribution in [0.3, 0.4) is 0 Å². The second kappa shape index (κ2) is 4.78. The van der Waals surface area contributed by atoms with Gasteiger partial charge in [0.05, 0.1) is 16.7 Å². The largest absolute Gasteiger partial charge is 0.417 e. The average molecular weight is 320 g/mol. The summed E-state index contributed by atoms with van der Waals surface area (Å²) in [7, 11) is 0. The SMILES string of the molecule is CC1(C)C(Nc2ccc(Cl)c(C(F)(F)F)c2)C2CCOC21. The summed E-state index contributed by atoms with van der Waals surface area (Å²) in [6.07, 6.45) is -3.29. The first-order chi connectivity index (χ1) is 9.71. The molecular weight excluding hydrogens is 303 g/mol. The fourth-order valence-corrected chi connectivity index (χ4v) is 3.85. The van der Waals surface area contributed by atoms with E-state index in [1.807, 2.05) is 0 Å². The van der Waals surface area contributed by atoms with Crippen molar-refractivity contribution in [3.05, 3.63) is 28.8 Å². The molecule has 1 saturated carbocycles. The van der Waals surface area contributed by atoms with Crippen LogP contribution in [0, 0.1) is 11.3 Å². The third-order valence-electron chi connectivity index (χ3n) is 4.69. The summed E-state index contributed by atoms with van der Waals surface area (Å²) in [5.41, 5.74) is -0.431. The highest BCUT2D eigenvalue weighted by atomic mass is 35.5. The minimum Gasteiger partial charge on any atom is -0.381 e. The van der Waals surface area contributed by atoms with Crippen LogP contribution in [0.2, 0.25) is 5.02 Å². The van der Waals surface area contributed by atoms with Crippen molar-refractivity contribution < 1.29 is 17.9 Å². The van der Waals surface area contributed by atoms with Crippen LogP contribution in [0.5, 0.6) is 0 Å². The summed E-state index contributed by atoms with van der Waals surface area (Å²) in [4.78, 5) is 0. The maximum absolute atomic E-state index is 12.9. The highest BCUT2D eigenvalue weighted by Gasteiger charge is 2.59. The number of anilines is 1. The third kappa shape index (κ3) is 2.40. The Morgan fingerprint density at radius 3 is 2.71 bits per heavy atom. The Morgan fingerprint density at radius 1 is 1.33 bits per heavy atom. The number of nitrogens with one attached hydrogen (secondary N) is 1. The molecule has 0 aromatic heterocycles. The van der Waals surface area contributed by atoms with Crippen LogP contribution in [0.4, 0.5) is 18.9 Å². The Bertz CT molecular complexity index is 558. The molecule has 0 spiro atoms. The van der Waals surface area contributed by atoms with Gasteiger partial charge in [0.25, 0.3) is 0 Å². The van der Waals surface area contributed by atoms with Gasteiger partial charge in [-0.1, -0.05) is 25.4 Å². The Morgan fingerprint density at radius 2 is 2.05 bits per heavy atom. The van der Waals surface area contributed by atoms with Crippen molar-refractivity contribution in [2.45, 2.75) is 38.6 Å². The lowest BCUT2D eigenvalue weighted by Gasteiger charge is -2.55. The first kappa shape index (κ1) is 15.0. The molecule has 1 saturated heterocycles. The molecule has 116 valence electrons. The first-order valence-corrected chi connectivity index (χ1v) is 7.34. The maximum Gasteiger partial charge on any atom is 0.417 e. The van der Waals surface area contributed by atoms with Crippen molar-refractivity contribution in [2.24, 2.45) is 11.3 Å². The first-order valence-electron chi connectivity index (χ1n) is 6.96. The van der Waals surface area contributed by atoms with Gasteiger partial charge >= 0.3 is 6.18 Å². The third-order valence-corrected chi connectivity index (χ3v) is 5.02. The van der Waals surface area contributed by atoms with Gasteiger partial charge < -0.3 is 10.1 Å². The Balaban J connectivity index is 1.83. The normalized spacial score (nSPS) is 30.7. The number of alkyl halides is 3. The lowest BCUT2D eigenvalue weighted by atomic mass is 9.57. The van der Waals surface area contributed by atoms with Crippen LogP contribution in [0.1, 0.15) is 25.8 Å². The molecular formula is C15H17ClF3NO. The molecule has 21 heavy (non-hydrogen) atoms. The molecule has 1 aromatic rings. The van der Waals surface area contributed by atoms with Crippen molar-refractivity contribution in [3.8, 4) is 0 Å². The van der Waals surface area contributed by atoms with Crippen molar-refractivity contribution >= 4 is 17.3 Å². The Labute approximate surface area is 126 Å². The summed E-state index contributed by atoms with van der Waals surface area (Å²) in [6.45, 7) is 4.89. The van der Waals surface area contributed by atoms with Crippen LogP contribution >= 0.6 is 11.6 Å². The number of benzene rings is 1. The highest BCUT2D eigenvalue weighted by Crippen LogP contribution is 2.53. The molecule has 2 fully saturated rings. The van der Waals surface area contributed by atoms with Gasteiger partial charge in [-0.3, -0.25) is 0 Å².